The van der Waals surface area contributed by atoms with Gasteiger partial charge in [0.05, 0.1) is 6.61 Å². The molecule has 1 aromatic carbocycles. The summed E-state index contributed by atoms with van der Waals surface area (Å²) in [6.45, 7) is 5.21. The standard InChI is InChI=1S/C20H20BrN5O4/c1-5-30-15(27)10-24-18(28)16-17(23(4)20(24)29)22-19-25(11(2)12(3)26(16)19)14-8-6-13(21)7-9-14/h6-9H,5,10H2,1-4H3. The van der Waals surface area contributed by atoms with E-state index in [1.54, 1.807) is 11.3 Å². The first kappa shape index (κ1) is 20.1. The molecule has 0 unspecified atom stereocenters. The maximum absolute atomic E-state index is 13.2. The third-order valence-corrected chi connectivity index (χ3v) is 5.73. The quantitative estimate of drug-likeness (QED) is 0.423. The number of aromatic nitrogens is 5. The second kappa shape index (κ2) is 7.28. The summed E-state index contributed by atoms with van der Waals surface area (Å²) >= 11 is 3.44. The van der Waals surface area contributed by atoms with Crippen molar-refractivity contribution >= 4 is 38.8 Å². The Bertz CT molecular complexity index is 1420. The summed E-state index contributed by atoms with van der Waals surface area (Å²) in [4.78, 5) is 42.5. The van der Waals surface area contributed by atoms with Crippen LogP contribution in [-0.2, 0) is 23.1 Å². The lowest BCUT2D eigenvalue weighted by molar-refractivity contribution is -0.143. The molecule has 0 atom stereocenters. The molecule has 3 aromatic heterocycles. The van der Waals surface area contributed by atoms with Gasteiger partial charge in [-0.25, -0.2) is 9.36 Å². The van der Waals surface area contributed by atoms with E-state index in [9.17, 15) is 14.4 Å². The molecule has 0 bridgehead atoms. The molecule has 0 amide bonds. The van der Waals surface area contributed by atoms with Crippen LogP contribution in [0.1, 0.15) is 18.3 Å². The summed E-state index contributed by atoms with van der Waals surface area (Å²) in [5.41, 5.74) is 1.90. The number of hydrogen-bond donors (Lipinski definition) is 0. The first-order chi connectivity index (χ1) is 14.3. The van der Waals surface area contributed by atoms with Gasteiger partial charge in [-0.2, -0.15) is 4.98 Å². The molecule has 0 aliphatic rings. The van der Waals surface area contributed by atoms with Crippen molar-refractivity contribution in [3.8, 4) is 5.69 Å². The Labute approximate surface area is 179 Å². The van der Waals surface area contributed by atoms with Crippen LogP contribution in [0.3, 0.4) is 0 Å². The van der Waals surface area contributed by atoms with E-state index in [1.165, 1.54) is 11.6 Å². The molecule has 0 aliphatic heterocycles. The molecule has 9 nitrogen and oxygen atoms in total. The van der Waals surface area contributed by atoms with Crippen molar-refractivity contribution in [2.45, 2.75) is 27.3 Å². The van der Waals surface area contributed by atoms with Gasteiger partial charge in [0.2, 0.25) is 5.78 Å². The molecule has 0 aliphatic carbocycles. The second-order valence-electron chi connectivity index (χ2n) is 6.94. The number of fused-ring (bicyclic) bond motifs is 3. The predicted molar refractivity (Wildman–Crippen MR) is 115 cm³/mol. The second-order valence-corrected chi connectivity index (χ2v) is 7.86. The number of carbonyl (C=O) groups is 1. The van der Waals surface area contributed by atoms with Crippen molar-refractivity contribution in [2.75, 3.05) is 6.61 Å². The van der Waals surface area contributed by atoms with E-state index in [0.717, 1.165) is 26.1 Å². The van der Waals surface area contributed by atoms with Gasteiger partial charge in [0.15, 0.2) is 11.2 Å². The molecule has 4 rings (SSSR count). The Hall–Kier alpha value is -3.14. The number of nitrogens with zero attached hydrogens (tertiary/aromatic N) is 5. The van der Waals surface area contributed by atoms with Gasteiger partial charge < -0.3 is 4.74 Å². The van der Waals surface area contributed by atoms with Crippen molar-refractivity contribution in [1.82, 2.24) is 23.1 Å². The molecule has 30 heavy (non-hydrogen) atoms. The van der Waals surface area contributed by atoms with Gasteiger partial charge in [0, 0.05) is 28.6 Å². The van der Waals surface area contributed by atoms with E-state index < -0.39 is 23.8 Å². The van der Waals surface area contributed by atoms with Crippen molar-refractivity contribution in [1.29, 1.82) is 0 Å². The van der Waals surface area contributed by atoms with E-state index in [2.05, 4.69) is 20.9 Å². The van der Waals surface area contributed by atoms with Gasteiger partial charge in [-0.1, -0.05) is 15.9 Å². The maximum Gasteiger partial charge on any atom is 0.333 e. The van der Waals surface area contributed by atoms with Gasteiger partial charge in [-0.3, -0.25) is 23.1 Å². The Morgan fingerprint density at radius 3 is 2.43 bits per heavy atom. The van der Waals surface area contributed by atoms with E-state index in [4.69, 9.17) is 4.74 Å². The molecule has 0 radical (unpaired) electrons. The molecule has 0 N–H and O–H groups in total. The summed E-state index contributed by atoms with van der Waals surface area (Å²) in [6, 6.07) is 7.72. The van der Waals surface area contributed by atoms with Gasteiger partial charge in [0.25, 0.3) is 5.56 Å². The number of aryl methyl sites for hydroxylation is 2. The van der Waals surface area contributed by atoms with Crippen LogP contribution >= 0.6 is 15.9 Å². The molecular weight excluding hydrogens is 454 g/mol. The summed E-state index contributed by atoms with van der Waals surface area (Å²) in [7, 11) is 1.53. The van der Waals surface area contributed by atoms with Crippen LogP contribution in [0, 0.1) is 13.8 Å². The Kier molecular flexibility index (Phi) is 4.89. The van der Waals surface area contributed by atoms with E-state index >= 15 is 0 Å². The van der Waals surface area contributed by atoms with Crippen LogP contribution in [0.15, 0.2) is 38.3 Å². The van der Waals surface area contributed by atoms with Crippen molar-refractivity contribution in [2.24, 2.45) is 7.05 Å². The first-order valence-corrected chi connectivity index (χ1v) is 10.2. The first-order valence-electron chi connectivity index (χ1n) is 9.37. The summed E-state index contributed by atoms with van der Waals surface area (Å²) in [5.74, 6) is -0.125. The lowest BCUT2D eigenvalue weighted by atomic mass is 10.3. The van der Waals surface area contributed by atoms with Gasteiger partial charge in [-0.05, 0) is 45.0 Å². The third-order valence-electron chi connectivity index (χ3n) is 5.20. The summed E-state index contributed by atoms with van der Waals surface area (Å²) in [5, 5.41) is 0. The zero-order valence-electron chi connectivity index (χ0n) is 17.0. The van der Waals surface area contributed by atoms with Crippen LogP contribution in [0.4, 0.5) is 0 Å². The number of rotatable bonds is 4. The van der Waals surface area contributed by atoms with Gasteiger partial charge >= 0.3 is 11.7 Å². The molecule has 3 heterocycles. The topological polar surface area (TPSA) is 92.5 Å². The van der Waals surface area contributed by atoms with Crippen molar-refractivity contribution < 1.29 is 9.53 Å². The highest BCUT2D eigenvalue weighted by Crippen LogP contribution is 2.25. The lowest BCUT2D eigenvalue weighted by Gasteiger charge is -2.08. The highest BCUT2D eigenvalue weighted by atomic mass is 79.9. The molecule has 0 fully saturated rings. The minimum Gasteiger partial charge on any atom is -0.465 e. The monoisotopic (exact) mass is 473 g/mol. The number of hydrogen-bond acceptors (Lipinski definition) is 5. The number of carbonyl (C=O) groups excluding carboxylic acids is 1. The minimum absolute atomic E-state index is 0.168. The number of halogens is 1. The maximum atomic E-state index is 13.2. The number of benzene rings is 1. The number of ether oxygens (including phenoxy) is 1. The van der Waals surface area contributed by atoms with Crippen LogP contribution in [0.5, 0.6) is 0 Å². The molecule has 4 aromatic rings. The SMILES string of the molecule is CCOC(=O)Cn1c(=O)c2c(nc3n(-c4ccc(Br)cc4)c(C)c(C)n23)n(C)c1=O. The van der Waals surface area contributed by atoms with Crippen LogP contribution in [-0.4, -0.2) is 35.7 Å². The van der Waals surface area contributed by atoms with E-state index in [0.29, 0.717) is 5.78 Å². The van der Waals surface area contributed by atoms with Crippen molar-refractivity contribution in [3.05, 3.63) is 61.0 Å². The van der Waals surface area contributed by atoms with Crippen molar-refractivity contribution in [3.63, 3.8) is 0 Å². The van der Waals surface area contributed by atoms with Crippen LogP contribution < -0.4 is 11.2 Å². The zero-order valence-corrected chi connectivity index (χ0v) is 18.6. The normalized spacial score (nSPS) is 11.5. The fourth-order valence-electron chi connectivity index (χ4n) is 3.62. The average Bonchev–Trinajstić information content (AvgIpc) is 3.21. The molecule has 156 valence electrons. The fourth-order valence-corrected chi connectivity index (χ4v) is 3.89. The fraction of sp³-hybridized carbons (Fsp3) is 0.300. The predicted octanol–water partition coefficient (Wildman–Crippen LogP) is 2.08. The molecule has 0 spiro atoms. The van der Waals surface area contributed by atoms with Crippen LogP contribution in [0.25, 0.3) is 22.6 Å². The zero-order chi connectivity index (χ0) is 21.7. The van der Waals surface area contributed by atoms with E-state index in [1.807, 2.05) is 42.7 Å². The van der Waals surface area contributed by atoms with Crippen LogP contribution in [0.2, 0.25) is 0 Å². The minimum atomic E-state index is -0.642. The average molecular weight is 474 g/mol. The summed E-state index contributed by atoms with van der Waals surface area (Å²) < 4.78 is 11.7. The largest absolute Gasteiger partial charge is 0.465 e. The molecule has 10 heteroatoms. The smallest absolute Gasteiger partial charge is 0.333 e. The Morgan fingerprint density at radius 1 is 1.13 bits per heavy atom. The lowest BCUT2D eigenvalue weighted by Crippen LogP contribution is -2.41. The highest BCUT2D eigenvalue weighted by Gasteiger charge is 2.24. The van der Waals surface area contributed by atoms with Gasteiger partial charge in [0.1, 0.15) is 6.54 Å². The number of imidazole rings is 2. The summed E-state index contributed by atoms with van der Waals surface area (Å²) in [6.07, 6.45) is 0. The Balaban J connectivity index is 2.08. The highest BCUT2D eigenvalue weighted by molar-refractivity contribution is 9.10. The molecule has 0 saturated carbocycles. The third kappa shape index (κ3) is 2.90. The Morgan fingerprint density at radius 2 is 1.80 bits per heavy atom. The molecule has 0 saturated heterocycles. The van der Waals surface area contributed by atoms with Gasteiger partial charge in [-0.15, -0.1) is 0 Å². The van der Waals surface area contributed by atoms with E-state index in [-0.39, 0.29) is 17.8 Å². The molecular formula is C20H20BrN5O4. The number of esters is 1.